The van der Waals surface area contributed by atoms with E-state index < -0.39 is 0 Å². The third-order valence-corrected chi connectivity index (χ3v) is 6.07. The van der Waals surface area contributed by atoms with Gasteiger partial charge in [-0.1, -0.05) is 20.8 Å². The summed E-state index contributed by atoms with van der Waals surface area (Å²) >= 11 is 0. The van der Waals surface area contributed by atoms with Crippen LogP contribution in [0.1, 0.15) is 53.4 Å². The molecule has 1 heteroatoms. The van der Waals surface area contributed by atoms with Gasteiger partial charge in [0.15, 0.2) is 0 Å². The molecule has 5 atom stereocenters. The van der Waals surface area contributed by atoms with E-state index in [1.807, 2.05) is 0 Å². The molecule has 0 aromatic heterocycles. The van der Waals surface area contributed by atoms with Crippen LogP contribution in [-0.2, 0) is 4.74 Å². The highest BCUT2D eigenvalue weighted by molar-refractivity contribution is 5.25. The van der Waals surface area contributed by atoms with Gasteiger partial charge in [0.25, 0.3) is 0 Å². The van der Waals surface area contributed by atoms with E-state index in [0.29, 0.717) is 16.9 Å². The molecule has 0 aromatic rings. The minimum absolute atomic E-state index is 0.135. The van der Waals surface area contributed by atoms with Crippen molar-refractivity contribution in [3.8, 4) is 12.3 Å². The Morgan fingerprint density at radius 1 is 1.24 bits per heavy atom. The molecule has 3 fully saturated rings. The highest BCUT2D eigenvalue weighted by Crippen LogP contribution is 2.73. The quantitative estimate of drug-likeness (QED) is 0.523. The second-order valence-electron chi connectivity index (χ2n) is 7.61. The Balaban J connectivity index is 1.90. The normalized spacial score (nSPS) is 53.9. The summed E-state index contributed by atoms with van der Waals surface area (Å²) in [4.78, 5) is 0. The molecule has 1 aliphatic heterocycles. The molecule has 3 aliphatic rings. The van der Waals surface area contributed by atoms with Gasteiger partial charge in [-0.25, -0.2) is 0 Å². The Hall–Kier alpha value is -0.480. The minimum Gasteiger partial charge on any atom is -0.365 e. The van der Waals surface area contributed by atoms with Crippen molar-refractivity contribution in [3.63, 3.8) is 0 Å². The molecule has 0 N–H and O–H groups in total. The summed E-state index contributed by atoms with van der Waals surface area (Å²) in [5, 5.41) is 0. The Morgan fingerprint density at radius 3 is 2.59 bits per heavy atom. The van der Waals surface area contributed by atoms with Crippen LogP contribution in [0, 0.1) is 35.0 Å². The van der Waals surface area contributed by atoms with Gasteiger partial charge in [0.2, 0.25) is 0 Å². The predicted molar refractivity (Wildman–Crippen MR) is 69.4 cm³/mol. The van der Waals surface area contributed by atoms with Crippen molar-refractivity contribution in [3.05, 3.63) is 0 Å². The molecule has 0 spiro atoms. The van der Waals surface area contributed by atoms with Crippen molar-refractivity contribution in [2.75, 3.05) is 0 Å². The summed E-state index contributed by atoms with van der Waals surface area (Å²) in [5.41, 5.74) is 0.943. The van der Waals surface area contributed by atoms with Gasteiger partial charge in [-0.05, 0) is 43.4 Å². The summed E-state index contributed by atoms with van der Waals surface area (Å²) < 4.78 is 6.09. The lowest BCUT2D eigenvalue weighted by Gasteiger charge is -2.38. The maximum Gasteiger partial charge on any atom is 0.0979 e. The summed E-state index contributed by atoms with van der Waals surface area (Å²) in [7, 11) is 0. The Labute approximate surface area is 105 Å². The van der Waals surface area contributed by atoms with Crippen molar-refractivity contribution in [1.29, 1.82) is 0 Å². The number of ether oxygens (including phenoxy) is 1. The molecule has 2 saturated carbocycles. The number of hydrogen-bond acceptors (Lipinski definition) is 1. The van der Waals surface area contributed by atoms with Gasteiger partial charge in [-0.3, -0.25) is 0 Å². The van der Waals surface area contributed by atoms with Crippen molar-refractivity contribution in [2.45, 2.75) is 65.1 Å². The van der Waals surface area contributed by atoms with Crippen LogP contribution in [0.15, 0.2) is 0 Å². The average Bonchev–Trinajstić information content (AvgIpc) is 2.78. The molecule has 1 heterocycles. The maximum absolute atomic E-state index is 6.09. The Kier molecular flexibility index (Phi) is 2.11. The monoisotopic (exact) mass is 232 g/mol. The van der Waals surface area contributed by atoms with Gasteiger partial charge >= 0.3 is 0 Å². The summed E-state index contributed by atoms with van der Waals surface area (Å²) in [6, 6.07) is 0. The molecule has 0 bridgehead atoms. The summed E-state index contributed by atoms with van der Waals surface area (Å²) in [6.07, 6.45) is 10.7. The van der Waals surface area contributed by atoms with Crippen molar-refractivity contribution >= 4 is 0 Å². The van der Waals surface area contributed by atoms with E-state index in [0.717, 1.165) is 24.7 Å². The van der Waals surface area contributed by atoms with Crippen LogP contribution >= 0.6 is 0 Å². The van der Waals surface area contributed by atoms with E-state index in [-0.39, 0.29) is 5.60 Å². The number of hydrogen-bond donors (Lipinski definition) is 0. The lowest BCUT2D eigenvalue weighted by atomic mass is 9.67. The predicted octanol–water partition coefficient (Wildman–Crippen LogP) is 3.63. The largest absolute Gasteiger partial charge is 0.365 e. The molecule has 17 heavy (non-hydrogen) atoms. The van der Waals surface area contributed by atoms with E-state index in [1.165, 1.54) is 12.8 Å². The van der Waals surface area contributed by atoms with Crippen LogP contribution in [0.3, 0.4) is 0 Å². The van der Waals surface area contributed by atoms with E-state index in [9.17, 15) is 0 Å². The van der Waals surface area contributed by atoms with Crippen LogP contribution in [0.4, 0.5) is 0 Å². The number of epoxide rings is 1. The molecule has 0 amide bonds. The van der Waals surface area contributed by atoms with Crippen LogP contribution in [-0.4, -0.2) is 11.7 Å². The second-order valence-corrected chi connectivity index (χ2v) is 7.61. The molecular formula is C16H24O. The third-order valence-electron chi connectivity index (χ3n) is 6.07. The number of fused-ring (bicyclic) bond motifs is 3. The van der Waals surface area contributed by atoms with Crippen LogP contribution in [0.2, 0.25) is 0 Å². The number of terminal acetylenes is 1. The summed E-state index contributed by atoms with van der Waals surface area (Å²) in [5.74, 6) is 4.44. The van der Waals surface area contributed by atoms with Gasteiger partial charge < -0.3 is 4.74 Å². The zero-order chi connectivity index (χ0) is 12.5. The second kappa shape index (κ2) is 3.09. The molecule has 0 radical (unpaired) electrons. The molecule has 0 aromatic carbocycles. The topological polar surface area (TPSA) is 12.5 Å². The standard InChI is InChI=1S/C16H24O/c1-6-7-8-15(4)12-10-14(2,3)9-11(12)13-16(15,5)17-13/h1,11-13H,7-10H2,2-5H3/t11-,12+,13-,15-,16-/m1/s1. The summed E-state index contributed by atoms with van der Waals surface area (Å²) in [6.45, 7) is 9.56. The van der Waals surface area contributed by atoms with Gasteiger partial charge in [0.05, 0.1) is 11.7 Å². The van der Waals surface area contributed by atoms with Crippen molar-refractivity contribution in [2.24, 2.45) is 22.7 Å². The minimum atomic E-state index is 0.135. The first-order valence-electron chi connectivity index (χ1n) is 6.95. The highest BCUT2D eigenvalue weighted by atomic mass is 16.6. The fraction of sp³-hybridized carbons (Fsp3) is 0.875. The van der Waals surface area contributed by atoms with Gasteiger partial charge in [-0.2, -0.15) is 0 Å². The maximum atomic E-state index is 6.09. The molecule has 1 nitrogen and oxygen atoms in total. The number of rotatable bonds is 2. The molecule has 3 rings (SSSR count). The van der Waals surface area contributed by atoms with Crippen LogP contribution < -0.4 is 0 Å². The fourth-order valence-corrected chi connectivity index (χ4v) is 4.94. The highest BCUT2D eigenvalue weighted by Gasteiger charge is 2.77. The van der Waals surface area contributed by atoms with Crippen molar-refractivity contribution in [1.82, 2.24) is 0 Å². The SMILES string of the molecule is C#CCC[C@]1(C)[C@H]2CC(C)(C)C[C@H]2[C@H]2O[C@]21C. The smallest absolute Gasteiger partial charge is 0.0979 e. The zero-order valence-corrected chi connectivity index (χ0v) is 11.5. The third kappa shape index (κ3) is 1.31. The molecule has 94 valence electrons. The first kappa shape index (κ1) is 11.6. The van der Waals surface area contributed by atoms with E-state index in [4.69, 9.17) is 11.2 Å². The van der Waals surface area contributed by atoms with Crippen LogP contribution in [0.5, 0.6) is 0 Å². The zero-order valence-electron chi connectivity index (χ0n) is 11.5. The Bertz CT molecular complexity index is 391. The first-order chi connectivity index (χ1) is 7.84. The van der Waals surface area contributed by atoms with Gasteiger partial charge in [0.1, 0.15) is 0 Å². The fourth-order valence-electron chi connectivity index (χ4n) is 4.94. The lowest BCUT2D eigenvalue weighted by molar-refractivity contribution is 0.0311. The van der Waals surface area contributed by atoms with E-state index in [2.05, 4.69) is 33.6 Å². The molecular weight excluding hydrogens is 208 g/mol. The lowest BCUT2D eigenvalue weighted by Crippen LogP contribution is -2.37. The van der Waals surface area contributed by atoms with Gasteiger partial charge in [0, 0.05) is 11.8 Å². The van der Waals surface area contributed by atoms with Crippen LogP contribution in [0.25, 0.3) is 0 Å². The van der Waals surface area contributed by atoms with Gasteiger partial charge in [-0.15, -0.1) is 12.3 Å². The molecule has 0 unspecified atom stereocenters. The van der Waals surface area contributed by atoms with Crippen molar-refractivity contribution < 1.29 is 4.74 Å². The molecule has 2 aliphatic carbocycles. The Morgan fingerprint density at radius 2 is 1.94 bits per heavy atom. The first-order valence-corrected chi connectivity index (χ1v) is 6.95. The van der Waals surface area contributed by atoms with E-state index >= 15 is 0 Å². The van der Waals surface area contributed by atoms with E-state index in [1.54, 1.807) is 0 Å². The average molecular weight is 232 g/mol. The molecule has 1 saturated heterocycles.